The van der Waals surface area contributed by atoms with E-state index in [1.165, 1.54) is 4.90 Å². The summed E-state index contributed by atoms with van der Waals surface area (Å²) in [4.78, 5) is 25.6. The second kappa shape index (κ2) is 7.94. The number of carbonyl (C=O) groups excluding carboxylic acids is 2. The largest absolute Gasteiger partial charge is 0.453 e. The van der Waals surface area contributed by atoms with Crippen molar-refractivity contribution >= 4 is 33.4 Å². The number of halogens is 1. The maximum absolute atomic E-state index is 12.2. The van der Waals surface area contributed by atoms with Gasteiger partial charge in [0, 0.05) is 18.6 Å². The van der Waals surface area contributed by atoms with Crippen molar-refractivity contribution in [1.29, 1.82) is 0 Å². The highest BCUT2D eigenvalue weighted by molar-refractivity contribution is 9.10. The quantitative estimate of drug-likeness (QED) is 0.835. The summed E-state index contributed by atoms with van der Waals surface area (Å²) in [5.41, 5.74) is 0.652. The average molecular weight is 381 g/mol. The predicted molar refractivity (Wildman–Crippen MR) is 89.2 cm³/mol. The molecule has 23 heavy (non-hydrogen) atoms. The van der Waals surface area contributed by atoms with Crippen LogP contribution in [0.2, 0.25) is 0 Å². The minimum absolute atomic E-state index is 0.0829. The lowest BCUT2D eigenvalue weighted by atomic mass is 10.3. The van der Waals surface area contributed by atoms with Gasteiger partial charge in [-0.3, -0.25) is 9.59 Å². The van der Waals surface area contributed by atoms with Crippen LogP contribution >= 0.6 is 15.9 Å². The Kier molecular flexibility index (Phi) is 5.95. The summed E-state index contributed by atoms with van der Waals surface area (Å²) in [7, 11) is 3.09. The molecule has 0 saturated heterocycles. The highest BCUT2D eigenvalue weighted by atomic mass is 79.9. The Morgan fingerprint density at radius 3 is 2.70 bits per heavy atom. The number of para-hydroxylation sites is 1. The number of anilines is 1. The van der Waals surface area contributed by atoms with Crippen molar-refractivity contribution in [3.05, 3.63) is 52.4 Å². The van der Waals surface area contributed by atoms with E-state index in [1.807, 2.05) is 18.2 Å². The summed E-state index contributed by atoms with van der Waals surface area (Å²) < 4.78 is 11.1. The topological polar surface area (TPSA) is 71.8 Å². The fourth-order valence-electron chi connectivity index (χ4n) is 1.94. The first kappa shape index (κ1) is 17.2. The Bertz CT molecular complexity index is 699. The van der Waals surface area contributed by atoms with Crippen LogP contribution in [0.15, 0.2) is 45.3 Å². The van der Waals surface area contributed by atoms with E-state index in [-0.39, 0.29) is 24.1 Å². The molecule has 0 atom stereocenters. The molecular formula is C16H17BrN2O4. The molecule has 0 aliphatic heterocycles. The molecule has 1 heterocycles. The van der Waals surface area contributed by atoms with Gasteiger partial charge < -0.3 is 19.4 Å². The molecule has 6 nitrogen and oxygen atoms in total. The maximum Gasteiger partial charge on any atom is 0.289 e. The molecule has 0 bridgehead atoms. The number of furan rings is 1. The minimum Gasteiger partial charge on any atom is -0.453 e. The zero-order valence-corrected chi connectivity index (χ0v) is 14.4. The van der Waals surface area contributed by atoms with E-state index in [1.54, 1.807) is 32.4 Å². The van der Waals surface area contributed by atoms with E-state index in [0.717, 1.165) is 4.47 Å². The second-order valence-corrected chi connectivity index (χ2v) is 5.74. The van der Waals surface area contributed by atoms with Gasteiger partial charge >= 0.3 is 0 Å². The molecule has 0 spiro atoms. The smallest absolute Gasteiger partial charge is 0.289 e. The lowest BCUT2D eigenvalue weighted by molar-refractivity contribution is -0.116. The first-order chi connectivity index (χ1) is 11.0. The highest BCUT2D eigenvalue weighted by Gasteiger charge is 2.18. The van der Waals surface area contributed by atoms with Crippen LogP contribution in [0.1, 0.15) is 16.3 Å². The summed E-state index contributed by atoms with van der Waals surface area (Å²) >= 11 is 3.35. The molecule has 0 fully saturated rings. The first-order valence-electron chi connectivity index (χ1n) is 6.88. The van der Waals surface area contributed by atoms with Crippen molar-refractivity contribution in [3.8, 4) is 0 Å². The Morgan fingerprint density at radius 2 is 2.00 bits per heavy atom. The molecule has 0 aliphatic carbocycles. The van der Waals surface area contributed by atoms with Crippen molar-refractivity contribution in [3.63, 3.8) is 0 Å². The average Bonchev–Trinajstić information content (AvgIpc) is 2.97. The predicted octanol–water partition coefficient (Wildman–Crippen LogP) is 2.90. The molecule has 7 heteroatoms. The number of hydrogen-bond acceptors (Lipinski definition) is 4. The lowest BCUT2D eigenvalue weighted by Gasteiger charge is -2.15. The van der Waals surface area contributed by atoms with Gasteiger partial charge in [-0.05, 0) is 40.2 Å². The molecule has 0 radical (unpaired) electrons. The van der Waals surface area contributed by atoms with E-state index >= 15 is 0 Å². The van der Waals surface area contributed by atoms with Gasteiger partial charge in [-0.2, -0.15) is 0 Å². The third-order valence-electron chi connectivity index (χ3n) is 3.03. The number of rotatable bonds is 6. The second-order valence-electron chi connectivity index (χ2n) is 4.89. The maximum atomic E-state index is 12.2. The van der Waals surface area contributed by atoms with Crippen molar-refractivity contribution in [1.82, 2.24) is 4.90 Å². The Labute approximate surface area is 142 Å². The van der Waals surface area contributed by atoms with Gasteiger partial charge in [0.1, 0.15) is 12.4 Å². The Morgan fingerprint density at radius 1 is 1.26 bits per heavy atom. The monoisotopic (exact) mass is 380 g/mol. The van der Waals surface area contributed by atoms with Gasteiger partial charge in [0.2, 0.25) is 5.91 Å². The van der Waals surface area contributed by atoms with Gasteiger partial charge in [-0.15, -0.1) is 0 Å². The van der Waals surface area contributed by atoms with Crippen LogP contribution in [-0.2, 0) is 16.1 Å². The number of amides is 2. The summed E-state index contributed by atoms with van der Waals surface area (Å²) in [5.74, 6) is 0.0706. The number of likely N-dealkylation sites (N-methyl/N-ethyl adjacent to an activating group) is 1. The zero-order chi connectivity index (χ0) is 16.8. The minimum atomic E-state index is -0.366. The summed E-state index contributed by atoms with van der Waals surface area (Å²) in [6, 6.07) is 10.5. The zero-order valence-electron chi connectivity index (χ0n) is 12.8. The molecule has 0 saturated carbocycles. The van der Waals surface area contributed by atoms with Gasteiger partial charge in [0.15, 0.2) is 5.76 Å². The molecule has 1 aromatic heterocycles. The van der Waals surface area contributed by atoms with E-state index < -0.39 is 0 Å². The van der Waals surface area contributed by atoms with E-state index in [2.05, 4.69) is 21.2 Å². The fourth-order valence-corrected chi connectivity index (χ4v) is 2.32. The van der Waals surface area contributed by atoms with Crippen LogP contribution in [0.25, 0.3) is 0 Å². The first-order valence-corrected chi connectivity index (χ1v) is 7.68. The van der Waals surface area contributed by atoms with E-state index in [0.29, 0.717) is 18.1 Å². The third kappa shape index (κ3) is 4.67. The van der Waals surface area contributed by atoms with Crippen LogP contribution < -0.4 is 5.32 Å². The number of methoxy groups -OCH3 is 1. The molecular weight excluding hydrogens is 364 g/mol. The van der Waals surface area contributed by atoms with Gasteiger partial charge in [-0.25, -0.2) is 0 Å². The highest BCUT2D eigenvalue weighted by Crippen LogP contribution is 2.21. The molecule has 122 valence electrons. The number of hydrogen-bond donors (Lipinski definition) is 1. The van der Waals surface area contributed by atoms with Crippen LogP contribution in [0, 0.1) is 0 Å². The number of ether oxygens (including phenoxy) is 1. The van der Waals surface area contributed by atoms with E-state index in [4.69, 9.17) is 9.15 Å². The van der Waals surface area contributed by atoms with E-state index in [9.17, 15) is 9.59 Å². The lowest BCUT2D eigenvalue weighted by Crippen LogP contribution is -2.34. The molecule has 0 unspecified atom stereocenters. The standard InChI is InChI=1S/C16H17BrN2O4/c1-19(16(21)14-8-7-11(23-14)10-22-2)9-15(20)18-13-6-4-3-5-12(13)17/h3-8H,9-10H2,1-2H3,(H,18,20). The van der Waals surface area contributed by atoms with Gasteiger partial charge in [0.05, 0.1) is 12.2 Å². The number of carbonyl (C=O) groups is 2. The van der Waals surface area contributed by atoms with Crippen molar-refractivity contribution in [2.75, 3.05) is 26.0 Å². The van der Waals surface area contributed by atoms with Crippen molar-refractivity contribution < 1.29 is 18.7 Å². The van der Waals surface area contributed by atoms with Crippen molar-refractivity contribution in [2.45, 2.75) is 6.61 Å². The van der Waals surface area contributed by atoms with Gasteiger partial charge in [0.25, 0.3) is 5.91 Å². The molecule has 0 aliphatic rings. The number of nitrogens with one attached hydrogen (secondary N) is 1. The SMILES string of the molecule is COCc1ccc(C(=O)N(C)CC(=O)Nc2ccccc2Br)o1. The van der Waals surface area contributed by atoms with Crippen LogP contribution in [0.5, 0.6) is 0 Å². The van der Waals surface area contributed by atoms with Crippen LogP contribution in [0.4, 0.5) is 5.69 Å². The van der Waals surface area contributed by atoms with Crippen molar-refractivity contribution in [2.24, 2.45) is 0 Å². The van der Waals surface area contributed by atoms with Crippen LogP contribution in [-0.4, -0.2) is 37.4 Å². The van der Waals surface area contributed by atoms with Gasteiger partial charge in [-0.1, -0.05) is 12.1 Å². The molecule has 2 rings (SSSR count). The summed E-state index contributed by atoms with van der Waals surface area (Å²) in [5, 5.41) is 2.74. The Hall–Kier alpha value is -2.12. The number of benzene rings is 1. The molecule has 2 amide bonds. The molecule has 1 N–H and O–H groups in total. The normalized spacial score (nSPS) is 10.4. The number of nitrogens with zero attached hydrogens (tertiary/aromatic N) is 1. The van der Waals surface area contributed by atoms with Crippen LogP contribution in [0.3, 0.4) is 0 Å². The third-order valence-corrected chi connectivity index (χ3v) is 3.73. The molecule has 1 aromatic carbocycles. The molecule has 2 aromatic rings. The summed E-state index contributed by atoms with van der Waals surface area (Å²) in [6.07, 6.45) is 0. The summed E-state index contributed by atoms with van der Waals surface area (Å²) in [6.45, 7) is 0.208. The Balaban J connectivity index is 1.94. The fraction of sp³-hybridized carbons (Fsp3) is 0.250.